The van der Waals surface area contributed by atoms with Crippen LogP contribution in [-0.2, 0) is 4.74 Å². The molecule has 0 amide bonds. The lowest BCUT2D eigenvalue weighted by molar-refractivity contribution is 0.134. The standard InChI is InChI=1S/C16H16Cl2O/c17-15(13-7-3-1-4-8-13)11-19-12-16(18)14-9-5-2-6-10-14/h1-10,15-16H,11-12H2. The summed E-state index contributed by atoms with van der Waals surface area (Å²) < 4.78 is 5.60. The molecule has 0 aliphatic carbocycles. The van der Waals surface area contributed by atoms with Crippen LogP contribution < -0.4 is 0 Å². The van der Waals surface area contributed by atoms with Gasteiger partial charge in [0, 0.05) is 0 Å². The summed E-state index contributed by atoms with van der Waals surface area (Å²) in [5, 5.41) is -0.276. The van der Waals surface area contributed by atoms with E-state index < -0.39 is 0 Å². The number of halogens is 2. The normalized spacial score (nSPS) is 14.0. The van der Waals surface area contributed by atoms with Crippen molar-refractivity contribution in [2.24, 2.45) is 0 Å². The molecule has 2 aromatic rings. The Hall–Kier alpha value is -1.02. The third-order valence-electron chi connectivity index (χ3n) is 2.85. The smallest absolute Gasteiger partial charge is 0.0819 e. The molecule has 3 heteroatoms. The molecule has 0 radical (unpaired) electrons. The summed E-state index contributed by atoms with van der Waals surface area (Å²) in [5.74, 6) is 0. The van der Waals surface area contributed by atoms with E-state index in [-0.39, 0.29) is 10.8 Å². The lowest BCUT2D eigenvalue weighted by Crippen LogP contribution is -2.07. The molecule has 100 valence electrons. The van der Waals surface area contributed by atoms with Gasteiger partial charge in [-0.25, -0.2) is 0 Å². The number of rotatable bonds is 6. The number of alkyl halides is 2. The summed E-state index contributed by atoms with van der Waals surface area (Å²) in [6.45, 7) is 0.920. The van der Waals surface area contributed by atoms with Crippen LogP contribution in [0.5, 0.6) is 0 Å². The maximum Gasteiger partial charge on any atom is 0.0819 e. The second-order valence-corrected chi connectivity index (χ2v) is 5.35. The summed E-state index contributed by atoms with van der Waals surface area (Å²) >= 11 is 12.5. The third kappa shape index (κ3) is 4.54. The first kappa shape index (κ1) is 14.4. The third-order valence-corrected chi connectivity index (χ3v) is 3.61. The Kier molecular flexibility index (Phi) is 5.71. The minimum absolute atomic E-state index is 0.138. The molecule has 2 unspecified atom stereocenters. The van der Waals surface area contributed by atoms with Gasteiger partial charge in [0.15, 0.2) is 0 Å². The van der Waals surface area contributed by atoms with Crippen LogP contribution in [-0.4, -0.2) is 13.2 Å². The summed E-state index contributed by atoms with van der Waals surface area (Å²) in [7, 11) is 0. The minimum atomic E-state index is -0.138. The zero-order valence-corrected chi connectivity index (χ0v) is 12.0. The van der Waals surface area contributed by atoms with E-state index in [0.717, 1.165) is 11.1 Å². The van der Waals surface area contributed by atoms with Crippen LogP contribution >= 0.6 is 23.2 Å². The van der Waals surface area contributed by atoms with E-state index in [0.29, 0.717) is 13.2 Å². The fourth-order valence-corrected chi connectivity index (χ4v) is 2.26. The Balaban J connectivity index is 1.78. The van der Waals surface area contributed by atoms with Crippen molar-refractivity contribution in [2.75, 3.05) is 13.2 Å². The second-order valence-electron chi connectivity index (χ2n) is 4.29. The van der Waals surface area contributed by atoms with Crippen molar-refractivity contribution in [3.63, 3.8) is 0 Å². The summed E-state index contributed by atoms with van der Waals surface area (Å²) in [6, 6.07) is 19.8. The molecule has 0 aliphatic heterocycles. The minimum Gasteiger partial charge on any atom is -0.378 e. The highest BCUT2D eigenvalue weighted by Gasteiger charge is 2.11. The van der Waals surface area contributed by atoms with Gasteiger partial charge in [0.2, 0.25) is 0 Å². The van der Waals surface area contributed by atoms with Crippen molar-refractivity contribution < 1.29 is 4.74 Å². The maximum absolute atomic E-state index is 6.27. The molecule has 2 aromatic carbocycles. The van der Waals surface area contributed by atoms with Crippen molar-refractivity contribution in [3.05, 3.63) is 71.8 Å². The lowest BCUT2D eigenvalue weighted by Gasteiger charge is -2.13. The van der Waals surface area contributed by atoms with E-state index in [1.807, 2.05) is 60.7 Å². The van der Waals surface area contributed by atoms with Gasteiger partial charge in [-0.3, -0.25) is 0 Å². The predicted octanol–water partition coefficient (Wildman–Crippen LogP) is 4.96. The van der Waals surface area contributed by atoms with E-state index in [1.165, 1.54) is 0 Å². The molecule has 0 saturated heterocycles. The SMILES string of the molecule is ClC(COCC(Cl)c1ccccc1)c1ccccc1. The van der Waals surface area contributed by atoms with Crippen molar-refractivity contribution in [3.8, 4) is 0 Å². The van der Waals surface area contributed by atoms with Gasteiger partial charge < -0.3 is 4.74 Å². The highest BCUT2D eigenvalue weighted by molar-refractivity contribution is 6.21. The Morgan fingerprint density at radius 1 is 0.684 bits per heavy atom. The van der Waals surface area contributed by atoms with Crippen LogP contribution in [0.1, 0.15) is 21.9 Å². The quantitative estimate of drug-likeness (QED) is 0.684. The first-order chi connectivity index (χ1) is 9.27. The molecule has 0 fully saturated rings. The van der Waals surface area contributed by atoms with E-state index in [9.17, 15) is 0 Å². The number of ether oxygens (including phenoxy) is 1. The number of hydrogen-bond acceptors (Lipinski definition) is 1. The number of hydrogen-bond donors (Lipinski definition) is 0. The van der Waals surface area contributed by atoms with Gasteiger partial charge in [-0.2, -0.15) is 0 Å². The number of benzene rings is 2. The average Bonchev–Trinajstić information content (AvgIpc) is 2.49. The highest BCUT2D eigenvalue weighted by atomic mass is 35.5. The van der Waals surface area contributed by atoms with Crippen LogP contribution in [0.2, 0.25) is 0 Å². The monoisotopic (exact) mass is 294 g/mol. The molecule has 0 bridgehead atoms. The van der Waals surface area contributed by atoms with E-state index in [2.05, 4.69) is 0 Å². The van der Waals surface area contributed by atoms with Gasteiger partial charge >= 0.3 is 0 Å². The van der Waals surface area contributed by atoms with Crippen molar-refractivity contribution in [2.45, 2.75) is 10.8 Å². The Morgan fingerprint density at radius 2 is 1.05 bits per heavy atom. The fourth-order valence-electron chi connectivity index (χ4n) is 1.79. The van der Waals surface area contributed by atoms with Gasteiger partial charge in [-0.15, -0.1) is 23.2 Å². The van der Waals surface area contributed by atoms with Crippen LogP contribution in [0.4, 0.5) is 0 Å². The molecule has 0 aliphatic rings. The van der Waals surface area contributed by atoms with Gasteiger partial charge in [0.1, 0.15) is 0 Å². The van der Waals surface area contributed by atoms with E-state index in [4.69, 9.17) is 27.9 Å². The van der Waals surface area contributed by atoms with Crippen molar-refractivity contribution >= 4 is 23.2 Å². The van der Waals surface area contributed by atoms with Crippen LogP contribution in [0, 0.1) is 0 Å². The molecule has 2 atom stereocenters. The van der Waals surface area contributed by atoms with Gasteiger partial charge in [-0.1, -0.05) is 60.7 Å². The topological polar surface area (TPSA) is 9.23 Å². The first-order valence-electron chi connectivity index (χ1n) is 6.23. The van der Waals surface area contributed by atoms with Gasteiger partial charge in [0.25, 0.3) is 0 Å². The Bertz CT molecular complexity index is 427. The van der Waals surface area contributed by atoms with Crippen LogP contribution in [0.25, 0.3) is 0 Å². The molecule has 0 spiro atoms. The maximum atomic E-state index is 6.27. The predicted molar refractivity (Wildman–Crippen MR) is 80.9 cm³/mol. The zero-order valence-electron chi connectivity index (χ0n) is 10.5. The Morgan fingerprint density at radius 3 is 1.42 bits per heavy atom. The Labute approximate surface area is 124 Å². The second kappa shape index (κ2) is 7.54. The summed E-state index contributed by atoms with van der Waals surface area (Å²) in [4.78, 5) is 0. The first-order valence-corrected chi connectivity index (χ1v) is 7.10. The average molecular weight is 295 g/mol. The molecule has 0 N–H and O–H groups in total. The van der Waals surface area contributed by atoms with Gasteiger partial charge in [-0.05, 0) is 11.1 Å². The lowest BCUT2D eigenvalue weighted by atomic mass is 10.1. The van der Waals surface area contributed by atoms with Gasteiger partial charge in [0.05, 0.1) is 24.0 Å². The fraction of sp³-hybridized carbons (Fsp3) is 0.250. The van der Waals surface area contributed by atoms with Crippen LogP contribution in [0.3, 0.4) is 0 Å². The van der Waals surface area contributed by atoms with Crippen molar-refractivity contribution in [1.29, 1.82) is 0 Å². The van der Waals surface area contributed by atoms with E-state index in [1.54, 1.807) is 0 Å². The van der Waals surface area contributed by atoms with Crippen LogP contribution in [0.15, 0.2) is 60.7 Å². The molecule has 2 rings (SSSR count). The summed E-state index contributed by atoms with van der Waals surface area (Å²) in [5.41, 5.74) is 2.13. The molecular formula is C16H16Cl2O. The zero-order chi connectivity index (χ0) is 13.5. The molecule has 1 nitrogen and oxygen atoms in total. The van der Waals surface area contributed by atoms with E-state index >= 15 is 0 Å². The molecule has 19 heavy (non-hydrogen) atoms. The largest absolute Gasteiger partial charge is 0.378 e. The summed E-state index contributed by atoms with van der Waals surface area (Å²) in [6.07, 6.45) is 0. The highest BCUT2D eigenvalue weighted by Crippen LogP contribution is 2.23. The molecule has 0 saturated carbocycles. The molecule has 0 aromatic heterocycles. The van der Waals surface area contributed by atoms with Crippen molar-refractivity contribution in [1.82, 2.24) is 0 Å². The molecule has 0 heterocycles. The molecular weight excluding hydrogens is 279 g/mol.